The quantitative estimate of drug-likeness (QED) is 0.0152. The first kappa shape index (κ1) is 55.9. The number of esters is 2. The van der Waals surface area contributed by atoms with Gasteiger partial charge in [0.05, 0.1) is 25.9 Å². The molecule has 0 fully saturated rings. The van der Waals surface area contributed by atoms with Crippen LogP contribution in [0.4, 0.5) is 0 Å². The van der Waals surface area contributed by atoms with Crippen molar-refractivity contribution >= 4 is 19.8 Å². The standard InChI is InChI=1S/C46H83O11P/c1-4-5-6-7-8-15-19-23-28-33-42(48)34-29-24-21-26-31-36-46(51)57-44(40-56-58(52,53)55-38-43(49)37-47)39-54-45(50)35-30-25-20-17-14-12-10-9-11-13-16-18-22-27-32-41(2)3/h8,15,21,23-24,28-29,34,41-44,47-49H,4-7,9-14,16-20,22,25-27,30-33,35-40H2,1-3H3,(H,52,53)/b15-8-,24-21+,28-23-,34-29-/t42?,43-,44+/m0/s1. The molecule has 0 rings (SSSR count). The van der Waals surface area contributed by atoms with E-state index in [2.05, 4.69) is 37.4 Å². The number of aliphatic hydroxyl groups excluding tert-OH is 3. The first-order chi connectivity index (χ1) is 28.0. The van der Waals surface area contributed by atoms with E-state index in [9.17, 15) is 29.3 Å². The molecule has 0 saturated carbocycles. The van der Waals surface area contributed by atoms with Crippen LogP contribution in [0.5, 0.6) is 0 Å². The predicted octanol–water partition coefficient (Wildman–Crippen LogP) is 10.9. The van der Waals surface area contributed by atoms with Crippen LogP contribution >= 0.6 is 7.82 Å². The smallest absolute Gasteiger partial charge is 0.462 e. The van der Waals surface area contributed by atoms with E-state index in [1.165, 1.54) is 89.9 Å². The third-order valence-corrected chi connectivity index (χ3v) is 10.4. The number of rotatable bonds is 41. The number of hydrogen-bond acceptors (Lipinski definition) is 10. The van der Waals surface area contributed by atoms with Crippen LogP contribution in [0.15, 0.2) is 48.6 Å². The van der Waals surface area contributed by atoms with Crippen LogP contribution in [0.2, 0.25) is 0 Å². The average molecular weight is 843 g/mol. The fourth-order valence-electron chi connectivity index (χ4n) is 5.96. The van der Waals surface area contributed by atoms with Gasteiger partial charge in [0, 0.05) is 12.8 Å². The monoisotopic (exact) mass is 843 g/mol. The van der Waals surface area contributed by atoms with E-state index in [0.29, 0.717) is 25.7 Å². The predicted molar refractivity (Wildman–Crippen MR) is 234 cm³/mol. The normalized spacial score (nSPS) is 14.9. The van der Waals surface area contributed by atoms with Crippen molar-refractivity contribution in [2.75, 3.05) is 26.4 Å². The Morgan fingerprint density at radius 1 is 0.638 bits per heavy atom. The highest BCUT2D eigenvalue weighted by Crippen LogP contribution is 2.43. The zero-order valence-electron chi connectivity index (χ0n) is 36.5. The largest absolute Gasteiger partial charge is 0.472 e. The molecule has 11 nitrogen and oxygen atoms in total. The van der Waals surface area contributed by atoms with Crippen molar-refractivity contribution in [2.45, 2.75) is 200 Å². The summed E-state index contributed by atoms with van der Waals surface area (Å²) in [5.74, 6) is -0.236. The highest BCUT2D eigenvalue weighted by molar-refractivity contribution is 7.47. The fourth-order valence-corrected chi connectivity index (χ4v) is 6.75. The lowest BCUT2D eigenvalue weighted by Crippen LogP contribution is -2.29. The Kier molecular flexibility index (Phi) is 38.8. The maximum Gasteiger partial charge on any atom is 0.472 e. The SMILES string of the molecule is CCCCC/C=C\C/C=C\CC(O)/C=C\C=C\CCCC(=O)O[C@H](COC(=O)CCCCCCCCCCCCCCCCC(C)C)COP(=O)(O)OC[C@@H](O)CO. The van der Waals surface area contributed by atoms with E-state index in [0.717, 1.165) is 38.0 Å². The van der Waals surface area contributed by atoms with Crippen molar-refractivity contribution in [3.8, 4) is 0 Å². The molecule has 0 aliphatic heterocycles. The van der Waals surface area contributed by atoms with E-state index in [-0.39, 0.29) is 19.4 Å². The molecule has 338 valence electrons. The molecule has 0 aromatic heterocycles. The third-order valence-electron chi connectivity index (χ3n) is 9.49. The van der Waals surface area contributed by atoms with Crippen LogP contribution in [0.25, 0.3) is 0 Å². The van der Waals surface area contributed by atoms with Crippen LogP contribution in [0, 0.1) is 5.92 Å². The van der Waals surface area contributed by atoms with Crippen molar-refractivity contribution < 1.29 is 52.9 Å². The van der Waals surface area contributed by atoms with E-state index >= 15 is 0 Å². The van der Waals surface area contributed by atoms with Gasteiger partial charge < -0.3 is 29.7 Å². The molecule has 0 aliphatic carbocycles. The molecule has 12 heteroatoms. The number of hydrogen-bond donors (Lipinski definition) is 4. The molecule has 4 N–H and O–H groups in total. The van der Waals surface area contributed by atoms with Gasteiger partial charge in [-0.25, -0.2) is 4.57 Å². The number of phosphoric ester groups is 1. The number of unbranched alkanes of at least 4 members (excludes halogenated alkanes) is 17. The van der Waals surface area contributed by atoms with E-state index < -0.39 is 57.9 Å². The summed E-state index contributed by atoms with van der Waals surface area (Å²) in [5.41, 5.74) is 0. The summed E-state index contributed by atoms with van der Waals surface area (Å²) in [4.78, 5) is 35.0. The van der Waals surface area contributed by atoms with Gasteiger partial charge in [0.1, 0.15) is 12.7 Å². The zero-order valence-corrected chi connectivity index (χ0v) is 37.4. The number of carbonyl (C=O) groups is 2. The Bertz CT molecular complexity index is 1140. The van der Waals surface area contributed by atoms with E-state index in [4.69, 9.17) is 19.1 Å². The van der Waals surface area contributed by atoms with Crippen LogP contribution in [0.1, 0.15) is 181 Å². The van der Waals surface area contributed by atoms with Crippen LogP contribution in [-0.4, -0.2) is 76.9 Å². The minimum absolute atomic E-state index is 0.0492. The van der Waals surface area contributed by atoms with Crippen molar-refractivity contribution in [3.05, 3.63) is 48.6 Å². The lowest BCUT2D eigenvalue weighted by molar-refractivity contribution is -0.161. The summed E-state index contributed by atoms with van der Waals surface area (Å²) in [7, 11) is -4.66. The minimum atomic E-state index is -4.66. The summed E-state index contributed by atoms with van der Waals surface area (Å²) in [6.07, 6.45) is 38.2. The van der Waals surface area contributed by atoms with Gasteiger partial charge >= 0.3 is 19.8 Å². The van der Waals surface area contributed by atoms with Gasteiger partial charge in [-0.2, -0.15) is 0 Å². The van der Waals surface area contributed by atoms with E-state index in [1.807, 2.05) is 18.2 Å². The fraction of sp³-hybridized carbons (Fsp3) is 0.783. The first-order valence-electron chi connectivity index (χ1n) is 22.6. The molecule has 0 aromatic rings. The lowest BCUT2D eigenvalue weighted by Gasteiger charge is -2.20. The minimum Gasteiger partial charge on any atom is -0.462 e. The molecular weight excluding hydrogens is 759 g/mol. The molecule has 0 spiro atoms. The van der Waals surface area contributed by atoms with Crippen molar-refractivity contribution in [2.24, 2.45) is 5.92 Å². The molecule has 0 bridgehead atoms. The maximum absolute atomic E-state index is 12.6. The highest BCUT2D eigenvalue weighted by atomic mass is 31.2. The van der Waals surface area contributed by atoms with Gasteiger partial charge in [-0.3, -0.25) is 18.6 Å². The number of phosphoric acid groups is 1. The molecule has 0 radical (unpaired) electrons. The number of ether oxygens (including phenoxy) is 2. The van der Waals surface area contributed by atoms with Crippen molar-refractivity contribution in [1.29, 1.82) is 0 Å². The molecule has 58 heavy (non-hydrogen) atoms. The Morgan fingerprint density at radius 2 is 1.21 bits per heavy atom. The van der Waals surface area contributed by atoms with Crippen LogP contribution < -0.4 is 0 Å². The van der Waals surface area contributed by atoms with Gasteiger partial charge in [-0.1, -0.05) is 172 Å². The second-order valence-corrected chi connectivity index (χ2v) is 17.2. The van der Waals surface area contributed by atoms with Crippen LogP contribution in [-0.2, 0) is 32.7 Å². The summed E-state index contributed by atoms with van der Waals surface area (Å²) >= 11 is 0. The Hall–Kier alpha value is -2.11. The van der Waals surface area contributed by atoms with Gasteiger partial charge in [0.15, 0.2) is 6.10 Å². The van der Waals surface area contributed by atoms with Crippen molar-refractivity contribution in [1.82, 2.24) is 0 Å². The molecule has 0 aromatic carbocycles. The molecule has 0 saturated heterocycles. The number of aliphatic hydroxyl groups is 3. The number of allylic oxidation sites excluding steroid dienone is 6. The number of carbonyl (C=O) groups excluding carboxylic acids is 2. The maximum atomic E-state index is 12.6. The van der Waals surface area contributed by atoms with Crippen LogP contribution in [0.3, 0.4) is 0 Å². The summed E-state index contributed by atoms with van der Waals surface area (Å²) < 4.78 is 32.6. The van der Waals surface area contributed by atoms with Gasteiger partial charge in [0.25, 0.3) is 0 Å². The topological polar surface area (TPSA) is 169 Å². The van der Waals surface area contributed by atoms with Gasteiger partial charge in [-0.15, -0.1) is 0 Å². The molecule has 0 heterocycles. The van der Waals surface area contributed by atoms with Crippen molar-refractivity contribution in [3.63, 3.8) is 0 Å². The third kappa shape index (κ3) is 40.7. The molecule has 2 unspecified atom stereocenters. The molecule has 0 amide bonds. The summed E-state index contributed by atoms with van der Waals surface area (Å²) in [6.45, 7) is 4.52. The van der Waals surface area contributed by atoms with Gasteiger partial charge in [0.2, 0.25) is 0 Å². The highest BCUT2D eigenvalue weighted by Gasteiger charge is 2.27. The second kappa shape index (κ2) is 40.3. The Balaban J connectivity index is 4.44. The Labute approximate surface area is 352 Å². The molecular formula is C46H83O11P. The van der Waals surface area contributed by atoms with E-state index in [1.54, 1.807) is 18.2 Å². The average Bonchev–Trinajstić information content (AvgIpc) is 3.19. The summed E-state index contributed by atoms with van der Waals surface area (Å²) in [6, 6.07) is 0. The first-order valence-corrected chi connectivity index (χ1v) is 24.1. The van der Waals surface area contributed by atoms with Gasteiger partial charge in [-0.05, 0) is 50.9 Å². The second-order valence-electron chi connectivity index (χ2n) is 15.8. The molecule has 4 atom stereocenters. The Morgan fingerprint density at radius 3 is 1.83 bits per heavy atom. The zero-order chi connectivity index (χ0) is 43.0. The summed E-state index contributed by atoms with van der Waals surface area (Å²) in [5, 5.41) is 28.5. The molecule has 0 aliphatic rings. The lowest BCUT2D eigenvalue weighted by atomic mass is 10.0.